The van der Waals surface area contributed by atoms with Crippen molar-refractivity contribution >= 4 is 17.9 Å². The number of ether oxygens (including phenoxy) is 1. The molecule has 2 amide bonds. The lowest BCUT2D eigenvalue weighted by Crippen LogP contribution is -2.47. The minimum Gasteiger partial charge on any atom is -0.494 e. The van der Waals surface area contributed by atoms with Gasteiger partial charge in [-0.25, -0.2) is 0 Å². The number of hydrogen-bond donors (Lipinski definition) is 0. The first kappa shape index (κ1) is 17.9. The van der Waals surface area contributed by atoms with Gasteiger partial charge in [0, 0.05) is 11.6 Å². The number of nitrogens with zero attached hydrogens (tertiary/aromatic N) is 2. The van der Waals surface area contributed by atoms with E-state index < -0.39 is 5.91 Å². The zero-order valence-corrected chi connectivity index (χ0v) is 15.1. The number of amides is 2. The summed E-state index contributed by atoms with van der Waals surface area (Å²) in [4.78, 5) is 27.0. The molecule has 1 aliphatic carbocycles. The minimum atomic E-state index is -0.453. The van der Waals surface area contributed by atoms with Crippen LogP contribution in [0.3, 0.4) is 0 Å². The highest BCUT2D eigenvalue weighted by molar-refractivity contribution is 6.19. The fraction of sp³-hybridized carbons (Fsp3) is 0.381. The number of imide groups is 1. The highest BCUT2D eigenvalue weighted by atomic mass is 16.5. The molecule has 3 rings (SSSR count). The molecule has 1 heterocycles. The molecule has 26 heavy (non-hydrogen) atoms. The van der Waals surface area contributed by atoms with Crippen LogP contribution in [0.4, 0.5) is 0 Å². The number of carbonyl (C=O) groups is 2. The Morgan fingerprint density at radius 1 is 1.19 bits per heavy atom. The molecule has 0 spiro atoms. The van der Waals surface area contributed by atoms with E-state index in [4.69, 9.17) is 4.74 Å². The van der Waals surface area contributed by atoms with E-state index in [-0.39, 0.29) is 17.5 Å². The molecule has 2 aliphatic rings. The van der Waals surface area contributed by atoms with Gasteiger partial charge in [0.1, 0.15) is 17.4 Å². The number of rotatable bonds is 4. The second kappa shape index (κ2) is 7.57. The quantitative estimate of drug-likeness (QED) is 0.614. The molecule has 1 aromatic carbocycles. The molecular formula is C21H22N2O3. The smallest absolute Gasteiger partial charge is 0.271 e. The molecule has 5 nitrogen and oxygen atoms in total. The van der Waals surface area contributed by atoms with Crippen molar-refractivity contribution in [2.75, 3.05) is 6.61 Å². The number of carbonyl (C=O) groups excluding carboxylic acids is 2. The van der Waals surface area contributed by atoms with E-state index in [1.165, 1.54) is 4.90 Å². The first-order valence-corrected chi connectivity index (χ1v) is 9.00. The van der Waals surface area contributed by atoms with Crippen molar-refractivity contribution < 1.29 is 14.3 Å². The van der Waals surface area contributed by atoms with Crippen LogP contribution in [0.15, 0.2) is 41.0 Å². The van der Waals surface area contributed by atoms with Crippen LogP contribution in [-0.4, -0.2) is 29.4 Å². The normalized spacial score (nSPS) is 20.0. The predicted octanol–water partition coefficient (Wildman–Crippen LogP) is 3.62. The van der Waals surface area contributed by atoms with Gasteiger partial charge in [0.05, 0.1) is 6.61 Å². The van der Waals surface area contributed by atoms with Crippen LogP contribution < -0.4 is 4.74 Å². The first-order chi connectivity index (χ1) is 12.6. The van der Waals surface area contributed by atoms with Gasteiger partial charge in [0.15, 0.2) is 0 Å². The van der Waals surface area contributed by atoms with Gasteiger partial charge in [-0.15, -0.1) is 0 Å². The van der Waals surface area contributed by atoms with Crippen LogP contribution in [0.5, 0.6) is 5.75 Å². The van der Waals surface area contributed by atoms with Crippen molar-refractivity contribution in [3.8, 4) is 11.8 Å². The van der Waals surface area contributed by atoms with Gasteiger partial charge < -0.3 is 4.74 Å². The van der Waals surface area contributed by atoms with Crippen molar-refractivity contribution in [3.63, 3.8) is 0 Å². The molecular weight excluding hydrogens is 328 g/mol. The molecule has 0 N–H and O–H groups in total. The summed E-state index contributed by atoms with van der Waals surface area (Å²) in [6.45, 7) is 4.17. The Labute approximate surface area is 153 Å². The number of nitriles is 1. The third kappa shape index (κ3) is 3.28. The molecule has 1 aromatic rings. The van der Waals surface area contributed by atoms with E-state index in [9.17, 15) is 14.9 Å². The van der Waals surface area contributed by atoms with Gasteiger partial charge >= 0.3 is 0 Å². The third-order valence-corrected chi connectivity index (χ3v) is 4.96. The first-order valence-electron chi connectivity index (χ1n) is 9.00. The number of benzene rings is 1. The van der Waals surface area contributed by atoms with Crippen LogP contribution in [0.2, 0.25) is 0 Å². The van der Waals surface area contributed by atoms with E-state index >= 15 is 0 Å². The standard InChI is InChI=1S/C21H22N2O3/c1-3-26-17-10-8-15(9-11-17)12-18-14(2)19(13-22)21(25)23(20(18)24)16-6-4-5-7-16/h8-12,16H,3-7H2,1-2H3/b18-12+. The maximum Gasteiger partial charge on any atom is 0.271 e. The molecule has 0 aromatic heterocycles. The average molecular weight is 350 g/mol. The van der Waals surface area contributed by atoms with Gasteiger partial charge in [-0.3, -0.25) is 14.5 Å². The number of hydrogen-bond acceptors (Lipinski definition) is 4. The summed E-state index contributed by atoms with van der Waals surface area (Å²) < 4.78 is 5.43. The molecule has 0 unspecified atom stereocenters. The Kier molecular flexibility index (Phi) is 5.22. The maximum atomic E-state index is 13.0. The topological polar surface area (TPSA) is 70.4 Å². The zero-order valence-electron chi connectivity index (χ0n) is 15.1. The summed E-state index contributed by atoms with van der Waals surface area (Å²) in [5, 5.41) is 9.45. The Morgan fingerprint density at radius 2 is 1.85 bits per heavy atom. The molecule has 1 fully saturated rings. The van der Waals surface area contributed by atoms with E-state index in [1.54, 1.807) is 13.0 Å². The van der Waals surface area contributed by atoms with E-state index in [0.717, 1.165) is 37.0 Å². The van der Waals surface area contributed by atoms with Gasteiger partial charge in [0.25, 0.3) is 11.8 Å². The molecule has 0 bridgehead atoms. The monoisotopic (exact) mass is 350 g/mol. The summed E-state index contributed by atoms with van der Waals surface area (Å²) >= 11 is 0. The summed E-state index contributed by atoms with van der Waals surface area (Å²) in [7, 11) is 0. The maximum absolute atomic E-state index is 13.0. The molecule has 5 heteroatoms. The van der Waals surface area contributed by atoms with Gasteiger partial charge in [-0.2, -0.15) is 5.26 Å². The van der Waals surface area contributed by atoms with Crippen molar-refractivity contribution in [1.82, 2.24) is 4.90 Å². The van der Waals surface area contributed by atoms with Crippen LogP contribution in [-0.2, 0) is 9.59 Å². The molecule has 1 aliphatic heterocycles. The van der Waals surface area contributed by atoms with Gasteiger partial charge in [-0.05, 0) is 56.0 Å². The van der Waals surface area contributed by atoms with E-state index in [1.807, 2.05) is 37.3 Å². The van der Waals surface area contributed by atoms with E-state index in [0.29, 0.717) is 17.8 Å². The second-order valence-electron chi connectivity index (χ2n) is 6.59. The van der Waals surface area contributed by atoms with E-state index in [2.05, 4.69) is 0 Å². The molecule has 134 valence electrons. The minimum absolute atomic E-state index is 0.0636. The van der Waals surface area contributed by atoms with Gasteiger partial charge in [0.2, 0.25) is 0 Å². The lowest BCUT2D eigenvalue weighted by molar-refractivity contribution is -0.143. The third-order valence-electron chi connectivity index (χ3n) is 4.96. The summed E-state index contributed by atoms with van der Waals surface area (Å²) in [5.41, 5.74) is 1.76. The van der Waals surface area contributed by atoms with Crippen LogP contribution in [0.25, 0.3) is 6.08 Å². The summed E-state index contributed by atoms with van der Waals surface area (Å²) in [5.74, 6) is 0.00962. The Bertz CT molecular complexity index is 822. The fourth-order valence-corrected chi connectivity index (χ4v) is 3.59. The van der Waals surface area contributed by atoms with Crippen LogP contribution in [0, 0.1) is 11.3 Å². The predicted molar refractivity (Wildman–Crippen MR) is 98.0 cm³/mol. The average Bonchev–Trinajstić information content (AvgIpc) is 3.15. The van der Waals surface area contributed by atoms with Crippen molar-refractivity contribution in [2.45, 2.75) is 45.6 Å². The van der Waals surface area contributed by atoms with Crippen LogP contribution in [0.1, 0.15) is 45.1 Å². The highest BCUT2D eigenvalue weighted by Crippen LogP contribution is 2.33. The van der Waals surface area contributed by atoms with Crippen LogP contribution >= 0.6 is 0 Å². The molecule has 0 radical (unpaired) electrons. The Balaban J connectivity index is 2.00. The molecule has 0 atom stereocenters. The fourth-order valence-electron chi connectivity index (χ4n) is 3.59. The zero-order chi connectivity index (χ0) is 18.7. The van der Waals surface area contributed by atoms with Crippen molar-refractivity contribution in [2.24, 2.45) is 0 Å². The SMILES string of the molecule is CCOc1ccc(/C=C2/C(=O)N(C3CCCC3)C(=O)C(C#N)=C2C)cc1. The highest BCUT2D eigenvalue weighted by Gasteiger charge is 2.40. The summed E-state index contributed by atoms with van der Waals surface area (Å²) in [6.07, 6.45) is 5.38. The van der Waals surface area contributed by atoms with Gasteiger partial charge in [-0.1, -0.05) is 25.0 Å². The largest absolute Gasteiger partial charge is 0.494 e. The lowest BCUT2D eigenvalue weighted by Gasteiger charge is -2.32. The van der Waals surface area contributed by atoms with Crippen molar-refractivity contribution in [1.29, 1.82) is 5.26 Å². The Hall–Kier alpha value is -2.87. The second-order valence-corrected chi connectivity index (χ2v) is 6.59. The Morgan fingerprint density at radius 3 is 2.42 bits per heavy atom. The molecule has 1 saturated carbocycles. The lowest BCUT2D eigenvalue weighted by atomic mass is 9.92. The summed E-state index contributed by atoms with van der Waals surface area (Å²) in [6, 6.07) is 9.30. The van der Waals surface area contributed by atoms with Crippen molar-refractivity contribution in [3.05, 3.63) is 46.5 Å². The molecule has 0 saturated heterocycles.